The molecule has 45 heavy (non-hydrogen) atoms. The number of carboxylic acids is 1. The van der Waals surface area contributed by atoms with E-state index >= 15 is 0 Å². The molecule has 1 spiro atoms. The summed E-state index contributed by atoms with van der Waals surface area (Å²) in [6, 6.07) is -0.773. The van der Waals surface area contributed by atoms with Crippen LogP contribution >= 0.6 is 0 Å². The normalized spacial score (nSPS) is 40.5. The number of ether oxygens (including phenoxy) is 2. The lowest BCUT2D eigenvalue weighted by Crippen LogP contribution is -2.59. The van der Waals surface area contributed by atoms with Gasteiger partial charge in [-0.2, -0.15) is 8.42 Å². The van der Waals surface area contributed by atoms with E-state index in [4.69, 9.17) is 19.4 Å². The third-order valence-electron chi connectivity index (χ3n) is 12.6. The first kappa shape index (κ1) is 35.0. The monoisotopic (exact) mass is 653 g/mol. The van der Waals surface area contributed by atoms with E-state index in [0.29, 0.717) is 37.5 Å². The molecule has 3 saturated carbocycles. The fourth-order valence-electron chi connectivity index (χ4n) is 9.74. The lowest BCUT2D eigenvalue weighted by molar-refractivity contribution is -0.151. The summed E-state index contributed by atoms with van der Waals surface area (Å²) in [6.45, 7) is 14.6. The molecule has 5 aliphatic rings. The molecule has 12 atom stereocenters. The molecule has 0 aromatic heterocycles. The first-order valence-electron chi connectivity index (χ1n) is 16.9. The molecule has 10 nitrogen and oxygen atoms in total. The SMILES string of the molecule is CC(C)C(C)C=CC(C)C1CCC2=C3C(O)C4OC45CC(OCC(N)C(OS(=O)(=O)O)C(C)C)CCC5(C)C3CCC21C(=O)O. The van der Waals surface area contributed by atoms with Gasteiger partial charge >= 0.3 is 16.4 Å². The van der Waals surface area contributed by atoms with Crippen LogP contribution in [0.2, 0.25) is 0 Å². The Kier molecular flexibility index (Phi) is 9.54. The van der Waals surface area contributed by atoms with E-state index in [2.05, 4.69) is 46.8 Å². The van der Waals surface area contributed by atoms with Gasteiger partial charge in [0.05, 0.1) is 30.3 Å². The zero-order valence-corrected chi connectivity index (χ0v) is 28.8. The Morgan fingerprint density at radius 3 is 2.38 bits per heavy atom. The average molecular weight is 654 g/mol. The molecule has 11 heteroatoms. The van der Waals surface area contributed by atoms with E-state index < -0.39 is 51.7 Å². The van der Waals surface area contributed by atoms with E-state index in [9.17, 15) is 28.0 Å². The van der Waals surface area contributed by atoms with Crippen molar-refractivity contribution in [1.29, 1.82) is 0 Å². The Morgan fingerprint density at radius 2 is 1.78 bits per heavy atom. The van der Waals surface area contributed by atoms with Crippen molar-refractivity contribution in [3.63, 3.8) is 0 Å². The van der Waals surface area contributed by atoms with Gasteiger partial charge in [0.15, 0.2) is 0 Å². The van der Waals surface area contributed by atoms with Crippen LogP contribution in [0.3, 0.4) is 0 Å². The molecule has 5 rings (SSSR count). The number of hydrogen-bond donors (Lipinski definition) is 4. The quantitative estimate of drug-likeness (QED) is 0.129. The number of epoxide rings is 1. The topological polar surface area (TPSA) is 169 Å². The Balaban J connectivity index is 1.36. The van der Waals surface area contributed by atoms with Crippen molar-refractivity contribution in [3.8, 4) is 0 Å². The second-order valence-electron chi connectivity index (χ2n) is 15.7. The first-order chi connectivity index (χ1) is 20.9. The Bertz CT molecular complexity index is 1310. The minimum Gasteiger partial charge on any atom is -0.481 e. The molecule has 0 radical (unpaired) electrons. The molecule has 1 heterocycles. The van der Waals surface area contributed by atoms with Crippen LogP contribution in [-0.4, -0.2) is 71.8 Å². The van der Waals surface area contributed by atoms with E-state index in [1.165, 1.54) is 0 Å². The van der Waals surface area contributed by atoms with Gasteiger partial charge in [-0.1, -0.05) is 66.2 Å². The number of carbonyl (C=O) groups is 1. The van der Waals surface area contributed by atoms with Crippen molar-refractivity contribution in [1.82, 2.24) is 0 Å². The van der Waals surface area contributed by atoms with Crippen LogP contribution in [0, 0.1) is 46.3 Å². The molecule has 0 aromatic carbocycles. The summed E-state index contributed by atoms with van der Waals surface area (Å²) in [7, 11) is -4.66. The molecular formula is C34H55NO9S. The second kappa shape index (κ2) is 12.3. The van der Waals surface area contributed by atoms with Crippen LogP contribution in [-0.2, 0) is 28.9 Å². The maximum atomic E-state index is 13.2. The highest BCUT2D eigenvalue weighted by atomic mass is 32.3. The van der Waals surface area contributed by atoms with E-state index in [1.54, 1.807) is 13.8 Å². The van der Waals surface area contributed by atoms with Crippen molar-refractivity contribution < 1.29 is 41.6 Å². The first-order valence-corrected chi connectivity index (χ1v) is 18.3. The van der Waals surface area contributed by atoms with Crippen LogP contribution in [0.15, 0.2) is 23.3 Å². The third-order valence-corrected chi connectivity index (χ3v) is 13.1. The van der Waals surface area contributed by atoms with Crippen LogP contribution in [0.5, 0.6) is 0 Å². The summed E-state index contributed by atoms with van der Waals surface area (Å²) in [5, 5.41) is 22.7. The number of carboxylic acid groups (broad SMARTS) is 1. The number of aliphatic carboxylic acids is 1. The van der Waals surface area contributed by atoms with E-state index in [-0.39, 0.29) is 41.8 Å². The molecule has 0 aromatic rings. The number of nitrogens with two attached hydrogens (primary N) is 1. The Morgan fingerprint density at radius 1 is 1.09 bits per heavy atom. The highest BCUT2D eigenvalue weighted by molar-refractivity contribution is 7.80. The van der Waals surface area contributed by atoms with Crippen LogP contribution in [0.4, 0.5) is 0 Å². The highest BCUT2D eigenvalue weighted by Gasteiger charge is 2.78. The lowest BCUT2D eigenvalue weighted by Gasteiger charge is -2.55. The summed E-state index contributed by atoms with van der Waals surface area (Å²) < 4.78 is 49.4. The maximum Gasteiger partial charge on any atom is 0.397 e. The second-order valence-corrected chi connectivity index (χ2v) is 16.7. The third kappa shape index (κ3) is 5.86. The number of hydrogen-bond acceptors (Lipinski definition) is 8. The van der Waals surface area contributed by atoms with Crippen molar-refractivity contribution >= 4 is 16.4 Å². The highest BCUT2D eigenvalue weighted by Crippen LogP contribution is 2.72. The van der Waals surface area contributed by atoms with Gasteiger partial charge in [0.2, 0.25) is 0 Å². The molecule has 4 fully saturated rings. The summed E-state index contributed by atoms with van der Waals surface area (Å²) >= 11 is 0. The molecule has 0 amide bonds. The molecule has 1 aliphatic heterocycles. The minimum atomic E-state index is -4.66. The fourth-order valence-corrected chi connectivity index (χ4v) is 10.4. The molecule has 12 unspecified atom stereocenters. The summed E-state index contributed by atoms with van der Waals surface area (Å²) in [5.74, 6) is 0.0343. The molecule has 5 N–H and O–H groups in total. The summed E-state index contributed by atoms with van der Waals surface area (Å²) in [6.07, 6.45) is 6.92. The molecule has 1 saturated heterocycles. The van der Waals surface area contributed by atoms with E-state index in [0.717, 1.165) is 30.4 Å². The summed E-state index contributed by atoms with van der Waals surface area (Å²) in [4.78, 5) is 13.2. The number of fused-ring (bicyclic) bond motifs is 3. The van der Waals surface area contributed by atoms with Gasteiger partial charge in [-0.25, -0.2) is 4.18 Å². The molecular weight excluding hydrogens is 598 g/mol. The Labute approximate surface area is 269 Å². The zero-order valence-electron chi connectivity index (χ0n) is 27.9. The van der Waals surface area contributed by atoms with Crippen LogP contribution in [0.1, 0.15) is 93.4 Å². The van der Waals surface area contributed by atoms with Gasteiger partial charge in [0.25, 0.3) is 0 Å². The molecule has 4 aliphatic carbocycles. The predicted octanol–water partition coefficient (Wildman–Crippen LogP) is 4.92. The smallest absolute Gasteiger partial charge is 0.397 e. The van der Waals surface area contributed by atoms with Crippen molar-refractivity contribution in [2.24, 2.45) is 52.1 Å². The van der Waals surface area contributed by atoms with Crippen molar-refractivity contribution in [3.05, 3.63) is 23.3 Å². The van der Waals surface area contributed by atoms with Gasteiger partial charge in [-0.05, 0) is 79.6 Å². The number of aliphatic hydroxyl groups is 1. The fraction of sp³-hybridized carbons (Fsp3) is 0.853. The zero-order chi connectivity index (χ0) is 33.3. The number of rotatable bonds is 12. The van der Waals surface area contributed by atoms with Gasteiger partial charge < -0.3 is 25.4 Å². The average Bonchev–Trinajstić information content (AvgIpc) is 3.55. The summed E-state index contributed by atoms with van der Waals surface area (Å²) in [5.41, 5.74) is 6.35. The largest absolute Gasteiger partial charge is 0.481 e. The number of allylic oxidation sites excluding steroid dienone is 2. The van der Waals surface area contributed by atoms with Crippen molar-refractivity contribution in [2.45, 2.75) is 129 Å². The van der Waals surface area contributed by atoms with Gasteiger partial charge in [0.1, 0.15) is 17.8 Å². The van der Waals surface area contributed by atoms with E-state index in [1.807, 2.05) is 0 Å². The number of aliphatic hydroxyl groups excluding tert-OH is 1. The van der Waals surface area contributed by atoms with Gasteiger partial charge in [-0.15, -0.1) is 0 Å². The van der Waals surface area contributed by atoms with Crippen LogP contribution < -0.4 is 5.73 Å². The van der Waals surface area contributed by atoms with Gasteiger partial charge in [0, 0.05) is 11.8 Å². The minimum absolute atomic E-state index is 0.0197. The van der Waals surface area contributed by atoms with Gasteiger partial charge in [-0.3, -0.25) is 9.35 Å². The van der Waals surface area contributed by atoms with Crippen LogP contribution in [0.25, 0.3) is 0 Å². The standard InChI is InChI=1S/C34H55NO9S/c1-18(2)20(5)8-9-21(6)23-10-11-25-27-24(13-15-33(23,25)31(37)38)32(7)14-12-22(16-34(32)30(43-34)28(27)36)42-17-26(35)29(19(3)4)44-45(39,40)41/h8-9,18-24,26,28-30,36H,10-17,35H2,1-7H3,(H,37,38)(H,39,40,41). The maximum absolute atomic E-state index is 13.2. The predicted molar refractivity (Wildman–Crippen MR) is 169 cm³/mol. The Hall–Kier alpha value is -1.34. The van der Waals surface area contributed by atoms with Crippen molar-refractivity contribution in [2.75, 3.05) is 6.61 Å². The molecule has 256 valence electrons. The lowest BCUT2D eigenvalue weighted by atomic mass is 9.47. The molecule has 0 bridgehead atoms.